The highest BCUT2D eigenvalue weighted by atomic mass is 15.0. The molecule has 3 heteroatoms. The van der Waals surface area contributed by atoms with Gasteiger partial charge in [0.05, 0.1) is 0 Å². The molecular weight excluding hydrogens is 162 g/mol. The Kier molecular flexibility index (Phi) is 4.26. The predicted molar refractivity (Wildman–Crippen MR) is 56.0 cm³/mol. The van der Waals surface area contributed by atoms with Crippen molar-refractivity contribution < 1.29 is 0 Å². The van der Waals surface area contributed by atoms with Gasteiger partial charge in [0.25, 0.3) is 0 Å². The molecular formula is C10H17N3. The summed E-state index contributed by atoms with van der Waals surface area (Å²) < 4.78 is 0. The van der Waals surface area contributed by atoms with Gasteiger partial charge in [-0.3, -0.25) is 0 Å². The van der Waals surface area contributed by atoms with Crippen LogP contribution < -0.4 is 10.6 Å². The van der Waals surface area contributed by atoms with E-state index in [0.717, 1.165) is 31.1 Å². The molecule has 0 amide bonds. The molecule has 72 valence electrons. The SMILES string of the molecule is CCNCCNc1cccc(C)n1. The second-order valence-corrected chi connectivity index (χ2v) is 2.94. The summed E-state index contributed by atoms with van der Waals surface area (Å²) in [7, 11) is 0. The molecule has 0 bridgehead atoms. The Morgan fingerprint density at radius 3 is 2.85 bits per heavy atom. The van der Waals surface area contributed by atoms with Gasteiger partial charge in [-0.05, 0) is 25.6 Å². The van der Waals surface area contributed by atoms with Crippen LogP contribution in [0.1, 0.15) is 12.6 Å². The summed E-state index contributed by atoms with van der Waals surface area (Å²) in [5.74, 6) is 0.956. The van der Waals surface area contributed by atoms with E-state index in [2.05, 4.69) is 22.5 Å². The molecule has 0 unspecified atom stereocenters. The van der Waals surface area contributed by atoms with E-state index in [0.29, 0.717) is 0 Å². The highest BCUT2D eigenvalue weighted by Crippen LogP contribution is 2.02. The van der Waals surface area contributed by atoms with Crippen LogP contribution in [0.25, 0.3) is 0 Å². The van der Waals surface area contributed by atoms with Crippen LogP contribution in [0, 0.1) is 6.92 Å². The number of likely N-dealkylation sites (N-methyl/N-ethyl adjacent to an activating group) is 1. The number of aryl methyl sites for hydroxylation is 1. The van der Waals surface area contributed by atoms with E-state index in [1.807, 2.05) is 25.1 Å². The molecule has 1 rings (SSSR count). The molecule has 0 radical (unpaired) electrons. The summed E-state index contributed by atoms with van der Waals surface area (Å²) in [5, 5.41) is 6.49. The van der Waals surface area contributed by atoms with E-state index in [1.165, 1.54) is 0 Å². The van der Waals surface area contributed by atoms with Gasteiger partial charge < -0.3 is 10.6 Å². The molecule has 1 aromatic rings. The third-order valence-electron chi connectivity index (χ3n) is 1.75. The lowest BCUT2D eigenvalue weighted by atomic mass is 10.4. The first-order valence-corrected chi connectivity index (χ1v) is 4.71. The van der Waals surface area contributed by atoms with Crippen molar-refractivity contribution in [3.8, 4) is 0 Å². The average Bonchev–Trinajstić information content (AvgIpc) is 2.13. The largest absolute Gasteiger partial charge is 0.369 e. The van der Waals surface area contributed by atoms with Gasteiger partial charge in [0.15, 0.2) is 0 Å². The Labute approximate surface area is 79.6 Å². The number of hydrogen-bond donors (Lipinski definition) is 2. The quantitative estimate of drug-likeness (QED) is 0.671. The van der Waals surface area contributed by atoms with Crippen LogP contribution in [0.5, 0.6) is 0 Å². The molecule has 0 aromatic carbocycles. The molecule has 1 heterocycles. The van der Waals surface area contributed by atoms with E-state index < -0.39 is 0 Å². The summed E-state index contributed by atoms with van der Waals surface area (Å²) in [5.41, 5.74) is 1.05. The Bertz CT molecular complexity index is 248. The van der Waals surface area contributed by atoms with Crippen molar-refractivity contribution in [1.29, 1.82) is 0 Å². The molecule has 1 aromatic heterocycles. The summed E-state index contributed by atoms with van der Waals surface area (Å²) >= 11 is 0. The van der Waals surface area contributed by atoms with Crippen molar-refractivity contribution in [2.24, 2.45) is 0 Å². The van der Waals surface area contributed by atoms with Crippen molar-refractivity contribution in [2.45, 2.75) is 13.8 Å². The summed E-state index contributed by atoms with van der Waals surface area (Å²) in [6.45, 7) is 7.01. The Balaban J connectivity index is 2.28. The topological polar surface area (TPSA) is 37.0 Å². The number of aromatic nitrogens is 1. The lowest BCUT2D eigenvalue weighted by Gasteiger charge is -2.05. The Morgan fingerprint density at radius 2 is 2.15 bits per heavy atom. The second-order valence-electron chi connectivity index (χ2n) is 2.94. The molecule has 0 fully saturated rings. The molecule has 0 aliphatic heterocycles. The maximum Gasteiger partial charge on any atom is 0.126 e. The Morgan fingerprint density at radius 1 is 1.31 bits per heavy atom. The van der Waals surface area contributed by atoms with Crippen LogP contribution >= 0.6 is 0 Å². The molecule has 0 saturated carbocycles. The maximum absolute atomic E-state index is 4.33. The van der Waals surface area contributed by atoms with Crippen LogP contribution in [0.15, 0.2) is 18.2 Å². The molecule has 13 heavy (non-hydrogen) atoms. The van der Waals surface area contributed by atoms with Crippen molar-refractivity contribution >= 4 is 5.82 Å². The van der Waals surface area contributed by atoms with Crippen molar-refractivity contribution in [3.63, 3.8) is 0 Å². The van der Waals surface area contributed by atoms with Gasteiger partial charge in [-0.2, -0.15) is 0 Å². The lowest BCUT2D eigenvalue weighted by molar-refractivity contribution is 0.737. The number of anilines is 1. The minimum Gasteiger partial charge on any atom is -0.369 e. The number of nitrogens with one attached hydrogen (secondary N) is 2. The van der Waals surface area contributed by atoms with E-state index in [4.69, 9.17) is 0 Å². The standard InChI is InChI=1S/C10H17N3/c1-3-11-7-8-12-10-6-4-5-9(2)13-10/h4-6,11H,3,7-8H2,1-2H3,(H,12,13). The number of pyridine rings is 1. The zero-order valence-electron chi connectivity index (χ0n) is 8.30. The van der Waals surface area contributed by atoms with Gasteiger partial charge in [0.1, 0.15) is 5.82 Å². The maximum atomic E-state index is 4.33. The van der Waals surface area contributed by atoms with Gasteiger partial charge in [-0.15, -0.1) is 0 Å². The first-order chi connectivity index (χ1) is 6.33. The van der Waals surface area contributed by atoms with Crippen molar-refractivity contribution in [1.82, 2.24) is 10.3 Å². The monoisotopic (exact) mass is 179 g/mol. The van der Waals surface area contributed by atoms with Gasteiger partial charge >= 0.3 is 0 Å². The minimum absolute atomic E-state index is 0.921. The van der Waals surface area contributed by atoms with E-state index in [1.54, 1.807) is 0 Å². The highest BCUT2D eigenvalue weighted by Gasteiger charge is 1.91. The smallest absolute Gasteiger partial charge is 0.126 e. The fourth-order valence-corrected chi connectivity index (χ4v) is 1.10. The second kappa shape index (κ2) is 5.54. The molecule has 0 saturated heterocycles. The highest BCUT2D eigenvalue weighted by molar-refractivity contribution is 5.34. The normalized spacial score (nSPS) is 10.0. The number of rotatable bonds is 5. The third kappa shape index (κ3) is 3.90. The summed E-state index contributed by atoms with van der Waals surface area (Å²) in [6, 6.07) is 5.99. The summed E-state index contributed by atoms with van der Waals surface area (Å²) in [4.78, 5) is 4.33. The van der Waals surface area contributed by atoms with Crippen LogP contribution in [-0.2, 0) is 0 Å². The molecule has 2 N–H and O–H groups in total. The van der Waals surface area contributed by atoms with Gasteiger partial charge in [-0.1, -0.05) is 13.0 Å². The Hall–Kier alpha value is -1.09. The molecule has 0 aliphatic rings. The van der Waals surface area contributed by atoms with Crippen LogP contribution in [-0.4, -0.2) is 24.6 Å². The van der Waals surface area contributed by atoms with Crippen LogP contribution in [0.2, 0.25) is 0 Å². The van der Waals surface area contributed by atoms with Gasteiger partial charge in [-0.25, -0.2) is 4.98 Å². The van der Waals surface area contributed by atoms with Crippen molar-refractivity contribution in [3.05, 3.63) is 23.9 Å². The third-order valence-corrected chi connectivity index (χ3v) is 1.75. The van der Waals surface area contributed by atoms with Crippen LogP contribution in [0.3, 0.4) is 0 Å². The first kappa shape index (κ1) is 9.99. The average molecular weight is 179 g/mol. The zero-order valence-corrected chi connectivity index (χ0v) is 8.30. The molecule has 0 atom stereocenters. The first-order valence-electron chi connectivity index (χ1n) is 4.71. The minimum atomic E-state index is 0.921. The molecule has 0 spiro atoms. The van der Waals surface area contributed by atoms with E-state index in [9.17, 15) is 0 Å². The van der Waals surface area contributed by atoms with Gasteiger partial charge in [0, 0.05) is 18.8 Å². The lowest BCUT2D eigenvalue weighted by Crippen LogP contribution is -2.21. The van der Waals surface area contributed by atoms with Gasteiger partial charge in [0.2, 0.25) is 0 Å². The van der Waals surface area contributed by atoms with Crippen molar-refractivity contribution in [2.75, 3.05) is 25.0 Å². The van der Waals surface area contributed by atoms with E-state index >= 15 is 0 Å². The number of nitrogens with zero attached hydrogens (tertiary/aromatic N) is 1. The molecule has 0 aliphatic carbocycles. The van der Waals surface area contributed by atoms with Crippen LogP contribution in [0.4, 0.5) is 5.82 Å². The zero-order chi connectivity index (χ0) is 9.52. The fraction of sp³-hybridized carbons (Fsp3) is 0.500. The molecule has 3 nitrogen and oxygen atoms in total. The number of hydrogen-bond acceptors (Lipinski definition) is 3. The summed E-state index contributed by atoms with van der Waals surface area (Å²) in [6.07, 6.45) is 0. The van der Waals surface area contributed by atoms with E-state index in [-0.39, 0.29) is 0 Å². The predicted octanol–water partition coefficient (Wildman–Crippen LogP) is 1.41. The fourth-order valence-electron chi connectivity index (χ4n) is 1.10.